The summed E-state index contributed by atoms with van der Waals surface area (Å²) in [5.41, 5.74) is 1.57. The molecular weight excluding hydrogens is 392 g/mol. The van der Waals surface area contributed by atoms with Crippen molar-refractivity contribution >= 4 is 49.6 Å². The minimum absolute atomic E-state index is 0.130. The molecule has 7 nitrogen and oxygen atoms in total. The first-order valence-electron chi connectivity index (χ1n) is 10.2. The first kappa shape index (κ1) is 19.3. The van der Waals surface area contributed by atoms with E-state index in [2.05, 4.69) is 5.32 Å². The second-order valence-electron chi connectivity index (χ2n) is 8.16. The number of hydrogen-bond donors (Lipinski definition) is 1. The zero-order chi connectivity index (χ0) is 21.9. The molecule has 5 aromatic rings. The highest BCUT2D eigenvalue weighted by Crippen LogP contribution is 2.35. The van der Waals surface area contributed by atoms with E-state index >= 15 is 0 Å². The standard InChI is InChI=1S/C24H22N4O3/c1-14(29)25-16-8-9-17-15(13-16)7-10-20-21(17)18-5-4-6-19-22(18)28(20)24(31)27(23(19)30)12-11-26(2)3/h4-10,13H,11-12H2,1-3H3,(H,25,29). The molecule has 0 aliphatic rings. The molecule has 0 aliphatic heterocycles. The number of carbonyl (C=O) groups is 1. The predicted octanol–water partition coefficient (Wildman–Crippen LogP) is 2.88. The summed E-state index contributed by atoms with van der Waals surface area (Å²) in [5, 5.41) is 7.06. The van der Waals surface area contributed by atoms with Crippen molar-refractivity contribution in [3.05, 3.63) is 69.4 Å². The summed E-state index contributed by atoms with van der Waals surface area (Å²) in [6.07, 6.45) is 0. The van der Waals surface area contributed by atoms with Gasteiger partial charge in [-0.1, -0.05) is 24.3 Å². The van der Waals surface area contributed by atoms with Gasteiger partial charge >= 0.3 is 5.69 Å². The third-order valence-electron chi connectivity index (χ3n) is 5.76. The average Bonchev–Trinajstić information content (AvgIpc) is 3.07. The molecule has 156 valence electrons. The fraction of sp³-hybridized carbons (Fsp3) is 0.208. The lowest BCUT2D eigenvalue weighted by molar-refractivity contribution is -0.114. The molecule has 0 unspecified atom stereocenters. The van der Waals surface area contributed by atoms with Crippen molar-refractivity contribution in [3.63, 3.8) is 0 Å². The quantitative estimate of drug-likeness (QED) is 0.491. The van der Waals surface area contributed by atoms with Crippen molar-refractivity contribution in [2.24, 2.45) is 0 Å². The van der Waals surface area contributed by atoms with Crippen LogP contribution >= 0.6 is 0 Å². The van der Waals surface area contributed by atoms with Crippen LogP contribution in [0.15, 0.2) is 58.1 Å². The molecule has 7 heteroatoms. The molecule has 5 rings (SSSR count). The van der Waals surface area contributed by atoms with Crippen LogP contribution in [0, 0.1) is 0 Å². The Balaban J connectivity index is 1.90. The number of benzene rings is 3. The molecule has 31 heavy (non-hydrogen) atoms. The Morgan fingerprint density at radius 1 is 1.00 bits per heavy atom. The SMILES string of the molecule is CC(=O)Nc1ccc2c(ccc3c2c2cccc4c(=O)n(CCN(C)C)c(=O)n3c42)c1. The summed E-state index contributed by atoms with van der Waals surface area (Å²) in [6.45, 7) is 2.40. The van der Waals surface area contributed by atoms with E-state index in [1.54, 1.807) is 10.5 Å². The molecule has 3 aromatic carbocycles. The number of nitrogens with zero attached hydrogens (tertiary/aromatic N) is 3. The molecule has 0 spiro atoms. The van der Waals surface area contributed by atoms with Gasteiger partial charge in [0.2, 0.25) is 5.91 Å². The van der Waals surface area contributed by atoms with Crippen molar-refractivity contribution in [2.75, 3.05) is 26.0 Å². The molecular formula is C24H22N4O3. The summed E-state index contributed by atoms with van der Waals surface area (Å²) in [5.74, 6) is -0.130. The van der Waals surface area contributed by atoms with E-state index in [0.29, 0.717) is 29.7 Å². The Morgan fingerprint density at radius 3 is 2.52 bits per heavy atom. The minimum atomic E-state index is -0.320. The van der Waals surface area contributed by atoms with Crippen LogP contribution in [0.1, 0.15) is 6.92 Å². The lowest BCUT2D eigenvalue weighted by Gasteiger charge is -2.12. The molecule has 1 N–H and O–H groups in total. The Kier molecular flexibility index (Phi) is 4.30. The van der Waals surface area contributed by atoms with Crippen LogP contribution in [0.2, 0.25) is 0 Å². The summed E-state index contributed by atoms with van der Waals surface area (Å²) in [6, 6.07) is 15.2. The third kappa shape index (κ3) is 2.89. The molecule has 0 radical (unpaired) electrons. The number of likely N-dealkylation sites (N-methyl/N-ethyl adjacent to an activating group) is 1. The van der Waals surface area contributed by atoms with Gasteiger partial charge in [0.1, 0.15) is 0 Å². The van der Waals surface area contributed by atoms with Gasteiger partial charge in [0.05, 0.1) is 16.4 Å². The summed E-state index contributed by atoms with van der Waals surface area (Å²) >= 11 is 0. The Bertz CT molecular complexity index is 1610. The van der Waals surface area contributed by atoms with Gasteiger partial charge in [-0.3, -0.25) is 18.6 Å². The number of nitrogens with one attached hydrogen (secondary N) is 1. The van der Waals surface area contributed by atoms with Crippen LogP contribution < -0.4 is 16.6 Å². The summed E-state index contributed by atoms with van der Waals surface area (Å²) < 4.78 is 2.99. The zero-order valence-electron chi connectivity index (χ0n) is 17.6. The lowest BCUT2D eigenvalue weighted by Crippen LogP contribution is -2.39. The van der Waals surface area contributed by atoms with Crippen molar-refractivity contribution in [1.29, 1.82) is 0 Å². The molecule has 0 saturated carbocycles. The van der Waals surface area contributed by atoms with Crippen LogP contribution in [0.3, 0.4) is 0 Å². The zero-order valence-corrected chi connectivity index (χ0v) is 17.6. The Hall–Kier alpha value is -3.71. The first-order chi connectivity index (χ1) is 14.9. The molecule has 0 saturated heterocycles. The van der Waals surface area contributed by atoms with Crippen molar-refractivity contribution in [2.45, 2.75) is 13.5 Å². The fourth-order valence-electron chi connectivity index (χ4n) is 4.40. The molecule has 0 aliphatic carbocycles. The van der Waals surface area contributed by atoms with Crippen LogP contribution in [-0.4, -0.2) is 40.4 Å². The topological polar surface area (TPSA) is 75.8 Å². The monoisotopic (exact) mass is 414 g/mol. The number of rotatable bonds is 4. The summed E-state index contributed by atoms with van der Waals surface area (Å²) in [7, 11) is 3.83. The van der Waals surface area contributed by atoms with E-state index in [1.807, 2.05) is 61.5 Å². The predicted molar refractivity (Wildman–Crippen MR) is 124 cm³/mol. The van der Waals surface area contributed by atoms with Crippen molar-refractivity contribution in [1.82, 2.24) is 13.9 Å². The highest BCUT2D eigenvalue weighted by Gasteiger charge is 2.20. The maximum absolute atomic E-state index is 13.4. The first-order valence-corrected chi connectivity index (χ1v) is 10.2. The minimum Gasteiger partial charge on any atom is -0.326 e. The number of aromatic nitrogens is 2. The van der Waals surface area contributed by atoms with Crippen LogP contribution in [0.25, 0.3) is 38.0 Å². The van der Waals surface area contributed by atoms with Gasteiger partial charge in [0.25, 0.3) is 5.56 Å². The van der Waals surface area contributed by atoms with Gasteiger partial charge < -0.3 is 10.2 Å². The second kappa shape index (κ2) is 6.92. The largest absolute Gasteiger partial charge is 0.336 e. The number of fused-ring (bicyclic) bond motifs is 5. The number of hydrogen-bond acceptors (Lipinski definition) is 4. The number of carbonyl (C=O) groups excluding carboxylic acids is 1. The van der Waals surface area contributed by atoms with E-state index in [0.717, 1.165) is 27.1 Å². The third-order valence-corrected chi connectivity index (χ3v) is 5.76. The molecule has 0 fully saturated rings. The van der Waals surface area contributed by atoms with E-state index in [9.17, 15) is 14.4 Å². The number of anilines is 1. The smallest absolute Gasteiger partial charge is 0.326 e. The lowest BCUT2D eigenvalue weighted by atomic mass is 10.0. The van der Waals surface area contributed by atoms with Gasteiger partial charge in [-0.25, -0.2) is 4.79 Å². The second-order valence-corrected chi connectivity index (χ2v) is 8.16. The van der Waals surface area contributed by atoms with Crippen LogP contribution in [0.5, 0.6) is 0 Å². The molecule has 2 heterocycles. The summed E-state index contributed by atoms with van der Waals surface area (Å²) in [4.78, 5) is 39.9. The average molecular weight is 414 g/mol. The highest BCUT2D eigenvalue weighted by molar-refractivity contribution is 6.23. The van der Waals surface area contributed by atoms with Crippen LogP contribution in [0.4, 0.5) is 5.69 Å². The maximum Gasteiger partial charge on any atom is 0.336 e. The van der Waals surface area contributed by atoms with Gasteiger partial charge in [-0.2, -0.15) is 0 Å². The highest BCUT2D eigenvalue weighted by atomic mass is 16.2. The van der Waals surface area contributed by atoms with E-state index in [1.165, 1.54) is 11.5 Å². The Morgan fingerprint density at radius 2 is 1.77 bits per heavy atom. The van der Waals surface area contributed by atoms with E-state index < -0.39 is 0 Å². The normalized spacial score (nSPS) is 12.0. The van der Waals surface area contributed by atoms with Gasteiger partial charge in [-0.15, -0.1) is 0 Å². The van der Waals surface area contributed by atoms with Crippen molar-refractivity contribution < 1.29 is 4.79 Å². The van der Waals surface area contributed by atoms with Crippen molar-refractivity contribution in [3.8, 4) is 0 Å². The number of para-hydroxylation sites is 1. The molecule has 1 amide bonds. The maximum atomic E-state index is 13.4. The molecule has 0 atom stereocenters. The van der Waals surface area contributed by atoms with Gasteiger partial charge in [0, 0.05) is 36.5 Å². The Labute approximate surface area is 177 Å². The number of amides is 1. The van der Waals surface area contributed by atoms with E-state index in [4.69, 9.17) is 0 Å². The molecule has 0 bridgehead atoms. The van der Waals surface area contributed by atoms with Crippen LogP contribution in [-0.2, 0) is 11.3 Å². The van der Waals surface area contributed by atoms with E-state index in [-0.39, 0.29) is 17.2 Å². The van der Waals surface area contributed by atoms with Gasteiger partial charge in [-0.05, 0) is 49.1 Å². The van der Waals surface area contributed by atoms with Gasteiger partial charge in [0.15, 0.2) is 0 Å². The molecule has 2 aromatic heterocycles. The fourth-order valence-corrected chi connectivity index (χ4v) is 4.40.